The Morgan fingerprint density at radius 2 is 1.94 bits per heavy atom. The lowest BCUT2D eigenvalue weighted by molar-refractivity contribution is -0.121. The van der Waals surface area contributed by atoms with Crippen molar-refractivity contribution in [3.63, 3.8) is 0 Å². The monoisotopic (exact) mass is 432 g/mol. The number of halogens is 1. The van der Waals surface area contributed by atoms with Crippen molar-refractivity contribution >= 4 is 22.6 Å². The van der Waals surface area contributed by atoms with Gasteiger partial charge in [-0.25, -0.2) is 9.37 Å². The number of rotatable bonds is 6. The molecule has 164 valence electrons. The minimum Gasteiger partial charge on any atom is -0.490 e. The van der Waals surface area contributed by atoms with Gasteiger partial charge < -0.3 is 10.1 Å². The molecule has 6 rings (SSSR count). The first-order valence-corrected chi connectivity index (χ1v) is 11.4. The highest BCUT2D eigenvalue weighted by atomic mass is 19.1. The van der Waals surface area contributed by atoms with Crippen LogP contribution in [0.1, 0.15) is 31.4 Å². The summed E-state index contributed by atoms with van der Waals surface area (Å²) in [6.45, 7) is 1.88. The van der Waals surface area contributed by atoms with E-state index >= 15 is 0 Å². The summed E-state index contributed by atoms with van der Waals surface area (Å²) in [5, 5.41) is 3.70. The Balaban J connectivity index is 1.12. The van der Waals surface area contributed by atoms with Gasteiger partial charge in [-0.3, -0.25) is 14.8 Å². The quantitative estimate of drug-likeness (QED) is 0.619. The topological polar surface area (TPSA) is 77.0 Å². The van der Waals surface area contributed by atoms with E-state index in [-0.39, 0.29) is 23.7 Å². The molecule has 1 amide bonds. The van der Waals surface area contributed by atoms with E-state index in [0.29, 0.717) is 40.6 Å². The van der Waals surface area contributed by atoms with Gasteiger partial charge in [-0.1, -0.05) is 0 Å². The van der Waals surface area contributed by atoms with Gasteiger partial charge in [0.2, 0.25) is 5.91 Å². The smallest absolute Gasteiger partial charge is 0.229 e. The zero-order chi connectivity index (χ0) is 21.8. The number of fused-ring (bicyclic) bond motifs is 2. The molecule has 0 bridgehead atoms. The SMILES string of the molecule is Cc1cnc(NC(=O)C(C2CC2)[C@@H]2[C@@H]3C[C@@H](Oc4ccnc5ccc(F)cc45)C[C@@H]32)cn1. The highest BCUT2D eigenvalue weighted by Crippen LogP contribution is 2.64. The number of nitrogens with zero attached hydrogens (tertiary/aromatic N) is 3. The maximum absolute atomic E-state index is 13.7. The van der Waals surface area contributed by atoms with Gasteiger partial charge in [-0.05, 0) is 80.5 Å². The number of hydrogen-bond donors (Lipinski definition) is 1. The molecule has 32 heavy (non-hydrogen) atoms. The van der Waals surface area contributed by atoms with Gasteiger partial charge in [-0.15, -0.1) is 0 Å². The Morgan fingerprint density at radius 3 is 2.66 bits per heavy atom. The van der Waals surface area contributed by atoms with Crippen molar-refractivity contribution in [1.29, 1.82) is 0 Å². The number of hydrogen-bond acceptors (Lipinski definition) is 5. The van der Waals surface area contributed by atoms with E-state index in [2.05, 4.69) is 20.3 Å². The molecule has 3 fully saturated rings. The van der Waals surface area contributed by atoms with Crippen LogP contribution in [-0.4, -0.2) is 27.0 Å². The van der Waals surface area contributed by atoms with E-state index in [9.17, 15) is 9.18 Å². The van der Waals surface area contributed by atoms with Crippen LogP contribution in [0.3, 0.4) is 0 Å². The third-order valence-electron chi connectivity index (χ3n) is 7.30. The molecule has 3 aliphatic carbocycles. The predicted molar refractivity (Wildman–Crippen MR) is 117 cm³/mol. The van der Waals surface area contributed by atoms with Gasteiger partial charge in [0.05, 0.1) is 29.7 Å². The molecule has 2 aromatic heterocycles. The van der Waals surface area contributed by atoms with Crippen molar-refractivity contribution in [3.05, 3.63) is 54.4 Å². The maximum atomic E-state index is 13.7. The molecule has 0 saturated heterocycles. The molecule has 5 atom stereocenters. The normalized spacial score (nSPS) is 27.1. The molecule has 3 saturated carbocycles. The van der Waals surface area contributed by atoms with Crippen LogP contribution in [0, 0.1) is 42.3 Å². The van der Waals surface area contributed by atoms with E-state index in [0.717, 1.165) is 36.9 Å². The summed E-state index contributed by atoms with van der Waals surface area (Å²) < 4.78 is 20.0. The number of amides is 1. The lowest BCUT2D eigenvalue weighted by Gasteiger charge is -2.22. The lowest BCUT2D eigenvalue weighted by atomic mass is 9.91. The summed E-state index contributed by atoms with van der Waals surface area (Å²) in [5.41, 5.74) is 1.56. The van der Waals surface area contributed by atoms with Gasteiger partial charge in [0.25, 0.3) is 0 Å². The number of carbonyl (C=O) groups excluding carboxylic acids is 1. The summed E-state index contributed by atoms with van der Waals surface area (Å²) in [6, 6.07) is 6.39. The van der Waals surface area contributed by atoms with Gasteiger partial charge in [-0.2, -0.15) is 0 Å². The number of aryl methyl sites for hydroxylation is 1. The minimum atomic E-state index is -0.291. The molecule has 1 aromatic carbocycles. The Kier molecular flexibility index (Phi) is 4.59. The van der Waals surface area contributed by atoms with Crippen LogP contribution in [0.25, 0.3) is 10.9 Å². The van der Waals surface area contributed by atoms with Crippen LogP contribution in [0.15, 0.2) is 42.9 Å². The fourth-order valence-corrected chi connectivity index (χ4v) is 5.67. The van der Waals surface area contributed by atoms with E-state index in [4.69, 9.17) is 4.74 Å². The van der Waals surface area contributed by atoms with Crippen molar-refractivity contribution in [1.82, 2.24) is 15.0 Å². The largest absolute Gasteiger partial charge is 0.490 e. The van der Waals surface area contributed by atoms with Crippen LogP contribution in [0.4, 0.5) is 10.2 Å². The molecule has 6 nitrogen and oxygen atoms in total. The molecule has 2 heterocycles. The maximum Gasteiger partial charge on any atom is 0.229 e. The number of carbonyl (C=O) groups is 1. The van der Waals surface area contributed by atoms with Crippen LogP contribution in [-0.2, 0) is 4.79 Å². The summed E-state index contributed by atoms with van der Waals surface area (Å²) in [4.78, 5) is 25.9. The van der Waals surface area contributed by atoms with Gasteiger partial charge >= 0.3 is 0 Å². The summed E-state index contributed by atoms with van der Waals surface area (Å²) in [6.07, 6.45) is 9.23. The number of anilines is 1. The third-order valence-corrected chi connectivity index (χ3v) is 7.30. The molecular formula is C25H25FN4O2. The number of aromatic nitrogens is 3. The standard InChI is InChI=1S/C25H25FN4O2/c1-13-11-29-22(12-28-13)30-25(31)23(14-2-3-14)24-17-9-16(10-18(17)24)32-21-6-7-27-20-5-4-15(26)8-19(20)21/h4-8,11-12,14,16-18,23-24H,2-3,9-10H2,1H3,(H,29,30,31)/t16-,17-,18+,23?,24-. The molecular weight excluding hydrogens is 407 g/mol. The number of nitrogens with one attached hydrogen (secondary N) is 1. The fourth-order valence-electron chi connectivity index (χ4n) is 5.67. The minimum absolute atomic E-state index is 0.0462. The third kappa shape index (κ3) is 3.59. The Bertz CT molecular complexity index is 1170. The first kappa shape index (κ1) is 19.6. The number of ether oxygens (including phenoxy) is 1. The van der Waals surface area contributed by atoms with Gasteiger partial charge in [0.15, 0.2) is 5.82 Å². The number of pyridine rings is 1. The van der Waals surface area contributed by atoms with Gasteiger partial charge in [0, 0.05) is 17.5 Å². The van der Waals surface area contributed by atoms with E-state index < -0.39 is 0 Å². The van der Waals surface area contributed by atoms with Crippen LogP contribution in [0.2, 0.25) is 0 Å². The van der Waals surface area contributed by atoms with Crippen LogP contribution < -0.4 is 10.1 Å². The summed E-state index contributed by atoms with van der Waals surface area (Å²) in [7, 11) is 0. The van der Waals surface area contributed by atoms with Crippen molar-refractivity contribution in [2.75, 3.05) is 5.32 Å². The second-order valence-corrected chi connectivity index (χ2v) is 9.48. The van der Waals surface area contributed by atoms with Gasteiger partial charge in [0.1, 0.15) is 11.6 Å². The molecule has 0 aliphatic heterocycles. The van der Waals surface area contributed by atoms with Crippen LogP contribution in [0.5, 0.6) is 5.75 Å². The van der Waals surface area contributed by atoms with Crippen molar-refractivity contribution in [2.24, 2.45) is 29.6 Å². The van der Waals surface area contributed by atoms with E-state index in [1.807, 2.05) is 13.0 Å². The number of benzene rings is 1. The average molecular weight is 432 g/mol. The van der Waals surface area contributed by atoms with Crippen molar-refractivity contribution < 1.29 is 13.9 Å². The molecule has 0 spiro atoms. The Hall–Kier alpha value is -3.09. The summed E-state index contributed by atoms with van der Waals surface area (Å²) in [5.74, 6) is 2.99. The molecule has 1 N–H and O–H groups in total. The fraction of sp³-hybridized carbons (Fsp3) is 0.440. The first-order chi connectivity index (χ1) is 15.6. The second-order valence-electron chi connectivity index (χ2n) is 9.48. The zero-order valence-electron chi connectivity index (χ0n) is 17.9. The highest BCUT2D eigenvalue weighted by molar-refractivity contribution is 5.92. The molecule has 3 aliphatic rings. The second kappa shape index (κ2) is 7.50. The van der Waals surface area contributed by atoms with Crippen molar-refractivity contribution in [3.8, 4) is 5.75 Å². The zero-order valence-corrected chi connectivity index (χ0v) is 17.9. The average Bonchev–Trinajstić information content (AvgIpc) is 3.69. The Morgan fingerprint density at radius 1 is 1.12 bits per heavy atom. The lowest BCUT2D eigenvalue weighted by Crippen LogP contribution is -2.29. The first-order valence-electron chi connectivity index (χ1n) is 11.4. The van der Waals surface area contributed by atoms with Crippen LogP contribution >= 0.6 is 0 Å². The van der Waals surface area contributed by atoms with E-state index in [1.54, 1.807) is 24.7 Å². The van der Waals surface area contributed by atoms with E-state index in [1.165, 1.54) is 12.1 Å². The van der Waals surface area contributed by atoms with Crippen molar-refractivity contribution in [2.45, 2.75) is 38.7 Å². The highest BCUT2D eigenvalue weighted by Gasteiger charge is 2.63. The Labute approximate surface area is 185 Å². The molecule has 0 radical (unpaired) electrons. The molecule has 3 aromatic rings. The molecule has 7 heteroatoms. The molecule has 1 unspecified atom stereocenters. The predicted octanol–water partition coefficient (Wildman–Crippen LogP) is 4.54. The summed E-state index contributed by atoms with van der Waals surface area (Å²) >= 11 is 0.